The number of aliphatic hydroxyl groups is 2. The number of β-amino-alcohol motifs (C(OH)–C–C–N with tert-alkyl or cyclic N) is 2. The predicted octanol–water partition coefficient (Wildman–Crippen LogP) is -1.73. The topological polar surface area (TPSA) is 121 Å². The Labute approximate surface area is 209 Å². The number of unbranched alkanes of at least 4 members (excludes halogenated alkanes) is 6. The molecule has 0 aromatic heterocycles. The van der Waals surface area contributed by atoms with Gasteiger partial charge < -0.3 is 14.8 Å². The zero-order valence-corrected chi connectivity index (χ0v) is 22.0. The van der Waals surface area contributed by atoms with Crippen LogP contribution in [0.4, 0.5) is 0 Å². The van der Waals surface area contributed by atoms with E-state index in [4.69, 9.17) is 0 Å². The first-order valence-electron chi connectivity index (χ1n) is 11.1. The van der Waals surface area contributed by atoms with Crippen LogP contribution < -0.4 is 29.6 Å². The minimum Gasteiger partial charge on any atom is -0.748 e. The van der Waals surface area contributed by atoms with Crippen LogP contribution in [-0.4, -0.2) is 88.9 Å². The Bertz CT molecular complexity index is 681. The van der Waals surface area contributed by atoms with Crippen LogP contribution >= 0.6 is 0 Å². The first-order chi connectivity index (χ1) is 14.3. The molecule has 0 bridgehead atoms. The molecule has 0 aromatic rings. The van der Waals surface area contributed by atoms with Gasteiger partial charge in [0.1, 0.15) is 32.3 Å². The largest absolute Gasteiger partial charge is 1.00 e. The molecule has 10 heteroatoms. The maximum absolute atomic E-state index is 12.8. The molecule has 0 amide bonds. The average molecular weight is 470 g/mol. The molecule has 0 fully saturated rings. The zero-order chi connectivity index (χ0) is 22.4. The van der Waals surface area contributed by atoms with Crippen molar-refractivity contribution in [2.75, 3.05) is 38.5 Å². The maximum Gasteiger partial charge on any atom is 1.00 e. The second kappa shape index (κ2) is 17.2. The average Bonchev–Trinajstić information content (AvgIpc) is 3.04. The summed E-state index contributed by atoms with van der Waals surface area (Å²) >= 11 is 0. The summed E-state index contributed by atoms with van der Waals surface area (Å²) in [6, 6.07) is 0. The number of allylic oxidation sites excluding steroid dienone is 2. The van der Waals surface area contributed by atoms with Crippen molar-refractivity contribution in [3.8, 4) is 0 Å². The van der Waals surface area contributed by atoms with Gasteiger partial charge in [-0.1, -0.05) is 44.8 Å². The molecule has 0 radical (unpaired) electrons. The Morgan fingerprint density at radius 2 is 1.84 bits per heavy atom. The van der Waals surface area contributed by atoms with Crippen LogP contribution in [0.2, 0.25) is 0 Å². The van der Waals surface area contributed by atoms with Gasteiger partial charge >= 0.3 is 35.4 Å². The van der Waals surface area contributed by atoms with E-state index in [0.717, 1.165) is 44.9 Å². The van der Waals surface area contributed by atoms with Gasteiger partial charge in [0.05, 0.1) is 22.5 Å². The summed E-state index contributed by atoms with van der Waals surface area (Å²) in [5.41, 5.74) is 0. The van der Waals surface area contributed by atoms with Crippen molar-refractivity contribution in [2.24, 2.45) is 0 Å². The van der Waals surface area contributed by atoms with Gasteiger partial charge in [-0.05, 0) is 25.7 Å². The Kier molecular flexibility index (Phi) is 17.1. The minimum atomic E-state index is -4.54. The maximum atomic E-state index is 12.8. The fourth-order valence-corrected chi connectivity index (χ4v) is 4.23. The fourth-order valence-electron chi connectivity index (χ4n) is 3.66. The number of amidine groups is 1. The summed E-state index contributed by atoms with van der Waals surface area (Å²) < 4.78 is 34.2. The molecule has 1 heterocycles. The van der Waals surface area contributed by atoms with Crippen LogP contribution in [0, 0.1) is 0 Å². The molecule has 2 N–H and O–H groups in total. The smallest absolute Gasteiger partial charge is 0.748 e. The van der Waals surface area contributed by atoms with Crippen LogP contribution in [0.1, 0.15) is 64.7 Å². The van der Waals surface area contributed by atoms with Crippen molar-refractivity contribution >= 4 is 21.7 Å². The van der Waals surface area contributed by atoms with Crippen molar-refractivity contribution in [1.29, 1.82) is 0 Å². The van der Waals surface area contributed by atoms with E-state index < -0.39 is 22.0 Å². The van der Waals surface area contributed by atoms with Crippen LogP contribution in [-0.2, 0) is 14.9 Å². The second-order valence-electron chi connectivity index (χ2n) is 7.85. The molecule has 1 aliphatic heterocycles. The van der Waals surface area contributed by atoms with E-state index in [1.54, 1.807) is 9.48 Å². The minimum absolute atomic E-state index is 0. The number of Topliss-reactive ketones (excluding diaryl/α,β-unsaturated/α-hetero) is 1. The number of ketones is 1. The van der Waals surface area contributed by atoms with Crippen molar-refractivity contribution in [3.05, 3.63) is 12.2 Å². The molecule has 0 aromatic carbocycles. The first-order valence-corrected chi connectivity index (χ1v) is 12.6. The first kappa shape index (κ1) is 30.7. The van der Waals surface area contributed by atoms with Gasteiger partial charge in [-0.25, -0.2) is 8.42 Å². The molecule has 0 saturated carbocycles. The number of nitrogens with zero attached hydrogens (tertiary/aromatic N) is 2. The van der Waals surface area contributed by atoms with E-state index >= 15 is 0 Å². The third-order valence-electron chi connectivity index (χ3n) is 5.08. The Balaban J connectivity index is 0.00000900. The molecule has 31 heavy (non-hydrogen) atoms. The van der Waals surface area contributed by atoms with Gasteiger partial charge in [-0.15, -0.1) is 0 Å². The second-order valence-corrected chi connectivity index (χ2v) is 9.30. The fraction of sp³-hybridized carbons (Fsp3) is 0.810. The normalized spacial score (nSPS) is 15.5. The molecule has 0 aliphatic carbocycles. The van der Waals surface area contributed by atoms with E-state index in [9.17, 15) is 28.0 Å². The van der Waals surface area contributed by atoms with Gasteiger partial charge in [0.2, 0.25) is 5.78 Å². The van der Waals surface area contributed by atoms with Crippen LogP contribution in [0.25, 0.3) is 0 Å². The number of hydrogen-bond acceptors (Lipinski definition) is 7. The molecule has 1 rings (SSSR count). The number of carbonyl (C=O) groups excluding carboxylic acids is 1. The molecule has 0 spiro atoms. The molecule has 1 aliphatic rings. The van der Waals surface area contributed by atoms with E-state index in [-0.39, 0.29) is 48.5 Å². The van der Waals surface area contributed by atoms with Gasteiger partial charge in [-0.3, -0.25) is 14.3 Å². The zero-order valence-electron chi connectivity index (χ0n) is 19.2. The van der Waals surface area contributed by atoms with Gasteiger partial charge in [0.15, 0.2) is 0 Å². The summed E-state index contributed by atoms with van der Waals surface area (Å²) in [4.78, 5) is 14.5. The molecule has 174 valence electrons. The SMILES string of the molecule is CCC/C=C/CCCCCCCC(=O)C1=[N+](CC(O)CS(=O)(=O)[O-])CCN1CCO.[Na+]. The Morgan fingerprint density at radius 1 is 1.19 bits per heavy atom. The molecular formula is C21H38N2NaO6S+. The Hall–Kier alpha value is -0.290. The van der Waals surface area contributed by atoms with Crippen LogP contribution in [0.15, 0.2) is 12.2 Å². The van der Waals surface area contributed by atoms with Crippen LogP contribution in [0.5, 0.6) is 0 Å². The van der Waals surface area contributed by atoms with E-state index in [0.29, 0.717) is 31.9 Å². The summed E-state index contributed by atoms with van der Waals surface area (Å²) in [7, 11) is -4.54. The standard InChI is InChI=1S/C21H38N2O6S.Na/c1-2-3-4-5-6-7-8-9-10-11-12-20(26)21-22(15-16-24)13-14-23(21)17-19(25)18-30(27,28)29;/h4-5,19,24-25H,2-3,6-18H2,1H3;/q;+1/b5-4+;. The summed E-state index contributed by atoms with van der Waals surface area (Å²) in [5.74, 6) is -0.536. The van der Waals surface area contributed by atoms with E-state index in [2.05, 4.69) is 19.1 Å². The quantitative estimate of drug-likeness (QED) is 0.0854. The molecular weight excluding hydrogens is 431 g/mol. The van der Waals surface area contributed by atoms with Crippen molar-refractivity contribution in [3.63, 3.8) is 0 Å². The summed E-state index contributed by atoms with van der Waals surface area (Å²) in [6.45, 7) is 3.24. The van der Waals surface area contributed by atoms with Gasteiger partial charge in [0, 0.05) is 6.42 Å². The summed E-state index contributed by atoms with van der Waals surface area (Å²) in [5, 5.41) is 19.2. The van der Waals surface area contributed by atoms with Gasteiger partial charge in [0.25, 0.3) is 0 Å². The molecule has 1 unspecified atom stereocenters. The van der Waals surface area contributed by atoms with Crippen molar-refractivity contribution in [1.82, 2.24) is 4.90 Å². The van der Waals surface area contributed by atoms with E-state index in [1.807, 2.05) is 0 Å². The predicted molar refractivity (Wildman–Crippen MR) is 116 cm³/mol. The van der Waals surface area contributed by atoms with E-state index in [1.165, 1.54) is 6.42 Å². The summed E-state index contributed by atoms with van der Waals surface area (Å²) in [6.07, 6.45) is 12.0. The Morgan fingerprint density at radius 3 is 2.48 bits per heavy atom. The van der Waals surface area contributed by atoms with Crippen molar-refractivity contribution in [2.45, 2.75) is 70.8 Å². The number of carbonyl (C=O) groups is 1. The van der Waals surface area contributed by atoms with Crippen molar-refractivity contribution < 1.29 is 62.1 Å². The third-order valence-corrected chi connectivity index (χ3v) is 5.88. The third kappa shape index (κ3) is 13.8. The molecule has 1 atom stereocenters. The monoisotopic (exact) mass is 469 g/mol. The van der Waals surface area contributed by atoms with Crippen LogP contribution in [0.3, 0.4) is 0 Å². The number of rotatable bonds is 17. The molecule has 8 nitrogen and oxygen atoms in total. The van der Waals surface area contributed by atoms with Gasteiger partial charge in [-0.2, -0.15) is 0 Å². The number of hydrogen-bond donors (Lipinski definition) is 2. The molecule has 0 saturated heterocycles. The number of aliphatic hydroxyl groups excluding tert-OH is 2.